The molecule has 0 radical (unpaired) electrons. The molecule has 1 aromatic rings. The quantitative estimate of drug-likeness (QED) is 0.729. The topological polar surface area (TPSA) is 56.1 Å². The van der Waals surface area contributed by atoms with E-state index in [4.69, 9.17) is 0 Å². The predicted molar refractivity (Wildman–Crippen MR) is 56.3 cm³/mol. The first-order chi connectivity index (χ1) is 7.15. The number of carbonyl (C=O) groups excluding carboxylic acids is 1. The molecule has 0 aliphatic carbocycles. The molecule has 1 rings (SSSR count). The van der Waals surface area contributed by atoms with Crippen molar-refractivity contribution in [3.05, 3.63) is 18.2 Å². The maximum Gasteiger partial charge on any atom is 0.319 e. The van der Waals surface area contributed by atoms with Crippen molar-refractivity contribution < 1.29 is 9.53 Å². The zero-order valence-corrected chi connectivity index (χ0v) is 9.36. The van der Waals surface area contributed by atoms with E-state index in [-0.39, 0.29) is 12.5 Å². The van der Waals surface area contributed by atoms with E-state index in [0.717, 1.165) is 5.69 Å². The number of hydrogen-bond acceptors (Lipinski definition) is 4. The molecule has 0 saturated carbocycles. The first-order valence-electron chi connectivity index (χ1n) is 4.93. The molecule has 1 N–H and O–H groups in total. The van der Waals surface area contributed by atoms with Gasteiger partial charge in [-0.25, -0.2) is 4.98 Å². The molecule has 5 heteroatoms. The highest BCUT2D eigenvalue weighted by atomic mass is 16.5. The van der Waals surface area contributed by atoms with Gasteiger partial charge >= 0.3 is 5.97 Å². The molecule has 0 aliphatic heterocycles. The normalized spacial score (nSPS) is 10.7. The maximum atomic E-state index is 10.9. The number of nitrogens with zero attached hydrogens (tertiary/aromatic N) is 2. The number of rotatable bonds is 5. The average Bonchev–Trinajstić information content (AvgIpc) is 2.65. The van der Waals surface area contributed by atoms with Gasteiger partial charge in [-0.2, -0.15) is 0 Å². The molecule has 84 valence electrons. The van der Waals surface area contributed by atoms with Gasteiger partial charge in [0.25, 0.3) is 0 Å². The maximum absolute atomic E-state index is 10.9. The first-order valence-corrected chi connectivity index (χ1v) is 4.93. The van der Waals surface area contributed by atoms with Crippen LogP contribution in [0.1, 0.15) is 25.6 Å². The van der Waals surface area contributed by atoms with Crippen LogP contribution in [-0.4, -0.2) is 29.2 Å². The van der Waals surface area contributed by atoms with Crippen molar-refractivity contribution in [2.75, 3.05) is 13.7 Å². The van der Waals surface area contributed by atoms with Crippen LogP contribution in [0.3, 0.4) is 0 Å². The van der Waals surface area contributed by atoms with Gasteiger partial charge in [0, 0.05) is 18.8 Å². The summed E-state index contributed by atoms with van der Waals surface area (Å²) in [5.74, 6) is -0.259. The van der Waals surface area contributed by atoms with Crippen molar-refractivity contribution in [3.63, 3.8) is 0 Å². The minimum atomic E-state index is -0.259. The third-order valence-corrected chi connectivity index (χ3v) is 2.11. The van der Waals surface area contributed by atoms with E-state index in [1.165, 1.54) is 7.11 Å². The summed E-state index contributed by atoms with van der Waals surface area (Å²) in [5, 5.41) is 3.00. The van der Waals surface area contributed by atoms with Crippen molar-refractivity contribution in [1.82, 2.24) is 14.9 Å². The summed E-state index contributed by atoms with van der Waals surface area (Å²) in [6.07, 6.45) is 3.59. The van der Waals surface area contributed by atoms with Crippen LogP contribution in [0, 0.1) is 0 Å². The monoisotopic (exact) mass is 211 g/mol. The van der Waals surface area contributed by atoms with Gasteiger partial charge in [0.05, 0.1) is 25.7 Å². The van der Waals surface area contributed by atoms with Crippen LogP contribution in [0.25, 0.3) is 0 Å². The number of nitrogens with one attached hydrogen (secondary N) is 1. The van der Waals surface area contributed by atoms with Crippen molar-refractivity contribution in [2.45, 2.75) is 26.4 Å². The lowest BCUT2D eigenvalue weighted by Crippen LogP contribution is -2.24. The number of carbonyl (C=O) groups is 1. The Morgan fingerprint density at radius 1 is 1.67 bits per heavy atom. The lowest BCUT2D eigenvalue weighted by atomic mass is 10.3. The SMILES string of the molecule is COC(=O)CNCc1cncn1C(C)C. The lowest BCUT2D eigenvalue weighted by molar-refractivity contribution is -0.139. The van der Waals surface area contributed by atoms with Crippen LogP contribution < -0.4 is 5.32 Å². The summed E-state index contributed by atoms with van der Waals surface area (Å²) in [5.41, 5.74) is 1.06. The minimum Gasteiger partial charge on any atom is -0.468 e. The zero-order valence-electron chi connectivity index (χ0n) is 9.36. The fourth-order valence-corrected chi connectivity index (χ4v) is 1.30. The highest BCUT2D eigenvalue weighted by molar-refractivity contribution is 5.71. The standard InChI is InChI=1S/C10H17N3O2/c1-8(2)13-7-12-5-9(13)4-11-6-10(14)15-3/h5,7-8,11H,4,6H2,1-3H3. The summed E-state index contributed by atoms with van der Waals surface area (Å²) >= 11 is 0. The molecule has 0 fully saturated rings. The highest BCUT2D eigenvalue weighted by Crippen LogP contribution is 2.07. The Bertz CT molecular complexity index is 320. The molecule has 5 nitrogen and oxygen atoms in total. The van der Waals surface area contributed by atoms with Gasteiger partial charge in [-0.3, -0.25) is 4.79 Å². The van der Waals surface area contributed by atoms with Gasteiger partial charge in [-0.05, 0) is 13.8 Å². The van der Waals surface area contributed by atoms with E-state index >= 15 is 0 Å². The second-order valence-electron chi connectivity index (χ2n) is 3.57. The molecular formula is C10H17N3O2. The number of ether oxygens (including phenoxy) is 1. The van der Waals surface area contributed by atoms with Gasteiger partial charge in [0.1, 0.15) is 0 Å². The van der Waals surface area contributed by atoms with Gasteiger partial charge in [0.2, 0.25) is 0 Å². The smallest absolute Gasteiger partial charge is 0.319 e. The molecule has 0 atom stereocenters. The second kappa shape index (κ2) is 5.50. The Morgan fingerprint density at radius 3 is 3.00 bits per heavy atom. The fourth-order valence-electron chi connectivity index (χ4n) is 1.30. The second-order valence-corrected chi connectivity index (χ2v) is 3.57. The van der Waals surface area contributed by atoms with Crippen molar-refractivity contribution in [1.29, 1.82) is 0 Å². The molecule has 15 heavy (non-hydrogen) atoms. The number of aromatic nitrogens is 2. The first kappa shape index (κ1) is 11.7. The van der Waals surface area contributed by atoms with Gasteiger partial charge in [0.15, 0.2) is 0 Å². The number of imidazole rings is 1. The largest absolute Gasteiger partial charge is 0.468 e. The van der Waals surface area contributed by atoms with Crippen LogP contribution in [0.2, 0.25) is 0 Å². The van der Waals surface area contributed by atoms with Gasteiger partial charge in [-0.15, -0.1) is 0 Å². The highest BCUT2D eigenvalue weighted by Gasteiger charge is 2.05. The molecule has 0 bridgehead atoms. The Kier molecular flexibility index (Phi) is 4.30. The van der Waals surface area contributed by atoms with Crippen LogP contribution in [0.15, 0.2) is 12.5 Å². The van der Waals surface area contributed by atoms with Crippen LogP contribution >= 0.6 is 0 Å². The Hall–Kier alpha value is -1.36. The van der Waals surface area contributed by atoms with Crippen LogP contribution in [0.5, 0.6) is 0 Å². The summed E-state index contributed by atoms with van der Waals surface area (Å²) in [6.45, 7) is 5.02. The Balaban J connectivity index is 2.43. The molecule has 1 aromatic heterocycles. The molecule has 0 saturated heterocycles. The van der Waals surface area contributed by atoms with Crippen LogP contribution in [-0.2, 0) is 16.1 Å². The van der Waals surface area contributed by atoms with Crippen LogP contribution in [0.4, 0.5) is 0 Å². The molecule has 0 spiro atoms. The van der Waals surface area contributed by atoms with E-state index in [1.54, 1.807) is 12.5 Å². The molecule has 0 aromatic carbocycles. The summed E-state index contributed by atoms with van der Waals surface area (Å²) < 4.78 is 6.58. The average molecular weight is 211 g/mol. The summed E-state index contributed by atoms with van der Waals surface area (Å²) in [6, 6.07) is 0.377. The fraction of sp³-hybridized carbons (Fsp3) is 0.600. The van der Waals surface area contributed by atoms with E-state index in [9.17, 15) is 4.79 Å². The summed E-state index contributed by atoms with van der Waals surface area (Å²) in [7, 11) is 1.38. The Labute approximate surface area is 89.4 Å². The van der Waals surface area contributed by atoms with E-state index in [2.05, 4.69) is 33.5 Å². The van der Waals surface area contributed by atoms with Gasteiger partial charge < -0.3 is 14.6 Å². The number of esters is 1. The minimum absolute atomic E-state index is 0.222. The number of methoxy groups -OCH3 is 1. The summed E-state index contributed by atoms with van der Waals surface area (Å²) in [4.78, 5) is 14.9. The molecular weight excluding hydrogens is 194 g/mol. The van der Waals surface area contributed by atoms with Gasteiger partial charge in [-0.1, -0.05) is 0 Å². The van der Waals surface area contributed by atoms with Crippen molar-refractivity contribution in [2.24, 2.45) is 0 Å². The predicted octanol–water partition coefficient (Wildman–Crippen LogP) is 0.727. The van der Waals surface area contributed by atoms with E-state index in [1.807, 2.05) is 0 Å². The lowest BCUT2D eigenvalue weighted by Gasteiger charge is -2.11. The number of hydrogen-bond donors (Lipinski definition) is 1. The van der Waals surface area contributed by atoms with E-state index < -0.39 is 0 Å². The zero-order chi connectivity index (χ0) is 11.3. The van der Waals surface area contributed by atoms with E-state index in [0.29, 0.717) is 12.6 Å². The molecule has 0 amide bonds. The third-order valence-electron chi connectivity index (χ3n) is 2.11. The van der Waals surface area contributed by atoms with Crippen molar-refractivity contribution >= 4 is 5.97 Å². The third kappa shape index (κ3) is 3.36. The molecule has 1 heterocycles. The Morgan fingerprint density at radius 2 is 2.40 bits per heavy atom. The molecule has 0 unspecified atom stereocenters. The van der Waals surface area contributed by atoms with Crippen molar-refractivity contribution in [3.8, 4) is 0 Å². The molecule has 0 aliphatic rings.